The van der Waals surface area contributed by atoms with Gasteiger partial charge in [-0.05, 0) is 15.4 Å². The summed E-state index contributed by atoms with van der Waals surface area (Å²) in [6.45, 7) is 0.902. The van der Waals surface area contributed by atoms with Crippen molar-refractivity contribution in [1.82, 2.24) is 35.0 Å². The molecule has 0 aromatic carbocycles. The van der Waals surface area contributed by atoms with E-state index in [9.17, 15) is 10.1 Å². The predicted octanol–water partition coefficient (Wildman–Crippen LogP) is -1.13. The number of hydrogen-bond donors (Lipinski definition) is 0. The summed E-state index contributed by atoms with van der Waals surface area (Å²) in [6, 6.07) is 0. The highest BCUT2D eigenvalue weighted by Crippen LogP contribution is 1.99. The summed E-state index contributed by atoms with van der Waals surface area (Å²) in [5.41, 5.74) is 0. The smallest absolute Gasteiger partial charge is 0.390 e. The second-order valence-electron chi connectivity index (χ2n) is 2.64. The molecule has 0 bridgehead atoms. The molecule has 0 saturated carbocycles. The van der Waals surface area contributed by atoms with Gasteiger partial charge in [-0.3, -0.25) is 0 Å². The van der Waals surface area contributed by atoms with Crippen molar-refractivity contribution in [3.8, 4) is 0 Å². The number of nitro groups is 1. The van der Waals surface area contributed by atoms with Crippen LogP contribution in [-0.4, -0.2) is 39.9 Å². The van der Waals surface area contributed by atoms with Gasteiger partial charge < -0.3 is 10.1 Å². The molecule has 2 aromatic heterocycles. The van der Waals surface area contributed by atoms with Crippen LogP contribution in [0.3, 0.4) is 0 Å². The minimum Gasteiger partial charge on any atom is -0.390 e. The van der Waals surface area contributed by atoms with Crippen LogP contribution in [0.2, 0.25) is 0 Å². The van der Waals surface area contributed by atoms with Gasteiger partial charge in [0, 0.05) is 5.10 Å². The molecule has 78 valence electrons. The second kappa shape index (κ2) is 3.77. The van der Waals surface area contributed by atoms with Crippen molar-refractivity contribution < 1.29 is 4.92 Å². The third-order valence-corrected chi connectivity index (χ3v) is 1.64. The maximum absolute atomic E-state index is 10.3. The maximum atomic E-state index is 10.3. The van der Waals surface area contributed by atoms with E-state index in [0.29, 0.717) is 13.1 Å². The Bertz CT molecular complexity index is 447. The number of nitrogens with zero attached hydrogens (tertiary/aromatic N) is 8. The number of hydrogen-bond acceptors (Lipinski definition) is 7. The number of rotatable bonds is 4. The van der Waals surface area contributed by atoms with Crippen LogP contribution in [0.5, 0.6) is 0 Å². The summed E-state index contributed by atoms with van der Waals surface area (Å²) in [6.07, 6.45) is 2.74. The number of aryl methyl sites for hydroxylation is 2. The van der Waals surface area contributed by atoms with E-state index >= 15 is 0 Å². The summed E-state index contributed by atoms with van der Waals surface area (Å²) in [5.74, 6) is -0.410. The standard InChI is InChI=1S/C5H6N8O2/c14-13(15)5-6-3-11(8-5)1-2-12-4-7-9-10-12/h3-4H,1-2H2. The number of aromatic nitrogens is 7. The summed E-state index contributed by atoms with van der Waals surface area (Å²) in [7, 11) is 0. The zero-order valence-corrected chi connectivity index (χ0v) is 7.46. The molecule has 0 aliphatic rings. The Kier molecular flexibility index (Phi) is 2.31. The normalized spacial score (nSPS) is 10.4. The lowest BCUT2D eigenvalue weighted by atomic mass is 10.6. The van der Waals surface area contributed by atoms with Crippen molar-refractivity contribution in [2.75, 3.05) is 0 Å². The Hall–Kier alpha value is -2.39. The molecule has 10 heteroatoms. The van der Waals surface area contributed by atoms with Gasteiger partial charge in [-0.25, -0.2) is 4.68 Å². The highest BCUT2D eigenvalue weighted by Gasteiger charge is 2.12. The van der Waals surface area contributed by atoms with Crippen molar-refractivity contribution in [3.63, 3.8) is 0 Å². The molecule has 15 heavy (non-hydrogen) atoms. The van der Waals surface area contributed by atoms with Crippen LogP contribution in [0.25, 0.3) is 0 Å². The van der Waals surface area contributed by atoms with Crippen molar-refractivity contribution in [3.05, 3.63) is 22.8 Å². The summed E-state index contributed by atoms with van der Waals surface area (Å²) in [5, 5.41) is 24.4. The van der Waals surface area contributed by atoms with Crippen LogP contribution in [0.15, 0.2) is 12.7 Å². The molecule has 2 rings (SSSR count). The highest BCUT2D eigenvalue weighted by atomic mass is 16.6. The van der Waals surface area contributed by atoms with Crippen LogP contribution >= 0.6 is 0 Å². The first-order valence-electron chi connectivity index (χ1n) is 4.00. The van der Waals surface area contributed by atoms with Crippen LogP contribution in [0.1, 0.15) is 0 Å². The van der Waals surface area contributed by atoms with Gasteiger partial charge in [0.15, 0.2) is 0 Å². The van der Waals surface area contributed by atoms with E-state index in [2.05, 4.69) is 25.6 Å². The third kappa shape index (κ3) is 2.10. The average Bonchev–Trinajstić information content (AvgIpc) is 2.86. The van der Waals surface area contributed by atoms with Crippen LogP contribution in [0.4, 0.5) is 5.95 Å². The van der Waals surface area contributed by atoms with E-state index in [-0.39, 0.29) is 0 Å². The molecule has 2 aromatic rings. The highest BCUT2D eigenvalue weighted by molar-refractivity contribution is 4.96. The van der Waals surface area contributed by atoms with Crippen LogP contribution in [-0.2, 0) is 13.1 Å². The van der Waals surface area contributed by atoms with Gasteiger partial charge in [-0.2, -0.15) is 4.68 Å². The Balaban J connectivity index is 1.96. The Labute approximate surface area is 82.7 Å². The molecule has 0 aliphatic carbocycles. The zero-order valence-electron chi connectivity index (χ0n) is 7.46. The molecule has 2 heterocycles. The van der Waals surface area contributed by atoms with Gasteiger partial charge in [-0.15, -0.1) is 5.10 Å². The van der Waals surface area contributed by atoms with Crippen molar-refractivity contribution >= 4 is 5.95 Å². The topological polar surface area (TPSA) is 117 Å². The lowest BCUT2D eigenvalue weighted by Gasteiger charge is -1.95. The van der Waals surface area contributed by atoms with Crippen LogP contribution in [0, 0.1) is 10.1 Å². The quantitative estimate of drug-likeness (QED) is 0.462. The fourth-order valence-electron chi connectivity index (χ4n) is 0.964. The second-order valence-corrected chi connectivity index (χ2v) is 2.64. The van der Waals surface area contributed by atoms with Gasteiger partial charge in [0.2, 0.25) is 6.33 Å². The SMILES string of the molecule is O=[N+]([O-])c1ncn(CCn2cnnn2)n1. The lowest BCUT2D eigenvalue weighted by molar-refractivity contribution is -0.394. The molecular weight excluding hydrogens is 204 g/mol. The van der Waals surface area contributed by atoms with Gasteiger partial charge >= 0.3 is 5.95 Å². The van der Waals surface area contributed by atoms with Crippen LogP contribution < -0.4 is 0 Å². The number of tetrazole rings is 1. The molecular formula is C5H6N8O2. The lowest BCUT2D eigenvalue weighted by Crippen LogP contribution is -2.08. The predicted molar refractivity (Wildman–Crippen MR) is 44.5 cm³/mol. The first-order valence-corrected chi connectivity index (χ1v) is 4.00. The average molecular weight is 210 g/mol. The molecule has 0 spiro atoms. The van der Waals surface area contributed by atoms with Gasteiger partial charge in [-0.1, -0.05) is 4.98 Å². The van der Waals surface area contributed by atoms with Gasteiger partial charge in [0.1, 0.15) is 6.33 Å². The molecule has 0 N–H and O–H groups in total. The third-order valence-electron chi connectivity index (χ3n) is 1.64. The largest absolute Gasteiger partial charge is 0.490 e. The minimum absolute atomic E-state index is 0.410. The Morgan fingerprint density at radius 3 is 2.73 bits per heavy atom. The van der Waals surface area contributed by atoms with E-state index in [4.69, 9.17) is 0 Å². The molecule has 0 fully saturated rings. The first kappa shape index (κ1) is 9.18. The Morgan fingerprint density at radius 2 is 2.13 bits per heavy atom. The molecule has 0 aliphatic heterocycles. The van der Waals surface area contributed by atoms with Gasteiger partial charge in [0.25, 0.3) is 0 Å². The van der Waals surface area contributed by atoms with E-state index < -0.39 is 10.9 Å². The fourth-order valence-corrected chi connectivity index (χ4v) is 0.964. The van der Waals surface area contributed by atoms with E-state index in [1.165, 1.54) is 22.0 Å². The maximum Gasteiger partial charge on any atom is 0.490 e. The monoisotopic (exact) mass is 210 g/mol. The Morgan fingerprint density at radius 1 is 1.33 bits per heavy atom. The summed E-state index contributed by atoms with van der Waals surface area (Å²) < 4.78 is 2.85. The van der Waals surface area contributed by atoms with E-state index in [0.717, 1.165) is 0 Å². The van der Waals surface area contributed by atoms with Crippen molar-refractivity contribution in [2.45, 2.75) is 13.1 Å². The zero-order chi connectivity index (χ0) is 10.7. The van der Waals surface area contributed by atoms with Crippen molar-refractivity contribution in [1.29, 1.82) is 0 Å². The van der Waals surface area contributed by atoms with E-state index in [1.54, 1.807) is 0 Å². The first-order chi connectivity index (χ1) is 7.25. The van der Waals surface area contributed by atoms with E-state index in [1.807, 2.05) is 0 Å². The molecule has 0 atom stereocenters. The minimum atomic E-state index is -0.645. The van der Waals surface area contributed by atoms with Crippen molar-refractivity contribution in [2.24, 2.45) is 0 Å². The molecule has 0 unspecified atom stereocenters. The fraction of sp³-hybridized carbons (Fsp3) is 0.400. The molecule has 10 nitrogen and oxygen atoms in total. The summed E-state index contributed by atoms with van der Waals surface area (Å²) in [4.78, 5) is 13.1. The molecule has 0 amide bonds. The van der Waals surface area contributed by atoms with Gasteiger partial charge in [0.05, 0.1) is 13.1 Å². The molecule has 0 radical (unpaired) electrons. The summed E-state index contributed by atoms with van der Waals surface area (Å²) >= 11 is 0. The molecule has 0 saturated heterocycles.